The summed E-state index contributed by atoms with van der Waals surface area (Å²) in [7, 11) is 0. The van der Waals surface area contributed by atoms with Gasteiger partial charge in [-0.1, -0.05) is 18.2 Å². The highest BCUT2D eigenvalue weighted by Gasteiger charge is 2.10. The summed E-state index contributed by atoms with van der Waals surface area (Å²) in [6.45, 7) is 0. The second kappa shape index (κ2) is 4.66. The molecule has 0 fully saturated rings. The number of hydrogen-bond acceptors (Lipinski definition) is 4. The lowest BCUT2D eigenvalue weighted by Crippen LogP contribution is -2.05. The normalized spacial score (nSPS) is 10.7. The topological polar surface area (TPSA) is 42.9 Å². The van der Waals surface area contributed by atoms with Crippen LogP contribution in [-0.4, -0.2) is 15.8 Å². The smallest absolute Gasteiger partial charge is 0.187 e. The molecule has 3 aromatic rings. The summed E-state index contributed by atoms with van der Waals surface area (Å²) in [6, 6.07) is 11.4. The number of aromatic nitrogens is 2. The van der Waals surface area contributed by atoms with Gasteiger partial charge in [-0.15, -0.1) is 11.3 Å². The van der Waals surface area contributed by atoms with E-state index < -0.39 is 0 Å². The van der Waals surface area contributed by atoms with E-state index in [0.29, 0.717) is 12.1 Å². The van der Waals surface area contributed by atoms with E-state index in [-0.39, 0.29) is 5.78 Å². The minimum absolute atomic E-state index is 0.00991. The van der Waals surface area contributed by atoms with Crippen molar-refractivity contribution in [2.24, 2.45) is 0 Å². The lowest BCUT2D eigenvalue weighted by Gasteiger charge is -2.00. The van der Waals surface area contributed by atoms with E-state index in [1.807, 2.05) is 41.8 Å². The summed E-state index contributed by atoms with van der Waals surface area (Å²) >= 11 is 1.58. The molecule has 88 valence electrons. The lowest BCUT2D eigenvalue weighted by molar-refractivity contribution is 0.0989. The number of fused-ring (bicyclic) bond motifs is 1. The number of carbonyl (C=O) groups is 1. The van der Waals surface area contributed by atoms with E-state index in [1.165, 1.54) is 0 Å². The highest BCUT2D eigenvalue weighted by molar-refractivity contribution is 7.10. The molecule has 0 aliphatic rings. The van der Waals surface area contributed by atoms with Crippen molar-refractivity contribution in [1.82, 2.24) is 9.97 Å². The molecule has 0 radical (unpaired) electrons. The molecule has 0 amide bonds. The maximum atomic E-state index is 12.1. The van der Waals surface area contributed by atoms with Crippen LogP contribution >= 0.6 is 11.3 Å². The molecule has 0 saturated carbocycles. The van der Waals surface area contributed by atoms with Crippen molar-refractivity contribution in [3.05, 3.63) is 58.5 Å². The van der Waals surface area contributed by atoms with Crippen LogP contribution < -0.4 is 0 Å². The van der Waals surface area contributed by atoms with Gasteiger partial charge in [-0.05, 0) is 23.6 Å². The van der Waals surface area contributed by atoms with Crippen molar-refractivity contribution in [2.75, 3.05) is 0 Å². The fourth-order valence-electron chi connectivity index (χ4n) is 1.75. The first-order valence-electron chi connectivity index (χ1n) is 5.60. The minimum atomic E-state index is 0.00991. The van der Waals surface area contributed by atoms with Gasteiger partial charge in [0, 0.05) is 11.3 Å². The summed E-state index contributed by atoms with van der Waals surface area (Å²) in [4.78, 5) is 21.7. The lowest BCUT2D eigenvalue weighted by atomic mass is 10.2. The third kappa shape index (κ3) is 2.15. The Labute approximate surface area is 108 Å². The quantitative estimate of drug-likeness (QED) is 0.674. The van der Waals surface area contributed by atoms with Crippen LogP contribution in [0.25, 0.3) is 11.0 Å². The molecule has 0 aliphatic carbocycles. The zero-order chi connectivity index (χ0) is 12.4. The molecule has 2 aromatic heterocycles. The predicted octanol–water partition coefficient (Wildman–Crippen LogP) is 3.12. The van der Waals surface area contributed by atoms with Crippen LogP contribution in [0.4, 0.5) is 0 Å². The monoisotopic (exact) mass is 254 g/mol. The van der Waals surface area contributed by atoms with E-state index in [2.05, 4.69) is 9.97 Å². The van der Waals surface area contributed by atoms with Gasteiger partial charge in [0.15, 0.2) is 5.78 Å². The van der Waals surface area contributed by atoms with Gasteiger partial charge in [-0.2, -0.15) is 0 Å². The van der Waals surface area contributed by atoms with Gasteiger partial charge in [0.05, 0.1) is 17.2 Å². The Morgan fingerprint density at radius 1 is 1.11 bits per heavy atom. The van der Waals surface area contributed by atoms with E-state index >= 15 is 0 Å². The minimum Gasteiger partial charge on any atom is -0.292 e. The van der Waals surface area contributed by atoms with E-state index in [1.54, 1.807) is 17.5 Å². The number of rotatable bonds is 3. The molecule has 0 saturated heterocycles. The van der Waals surface area contributed by atoms with Gasteiger partial charge in [-0.3, -0.25) is 9.78 Å². The van der Waals surface area contributed by atoms with Gasteiger partial charge < -0.3 is 0 Å². The molecule has 3 nitrogen and oxygen atoms in total. The highest BCUT2D eigenvalue weighted by atomic mass is 32.1. The van der Waals surface area contributed by atoms with Crippen LogP contribution in [0.1, 0.15) is 15.4 Å². The Hall–Kier alpha value is -2.07. The number of benzene rings is 1. The second-order valence-corrected chi connectivity index (χ2v) is 4.96. The van der Waals surface area contributed by atoms with Gasteiger partial charge in [0.1, 0.15) is 5.69 Å². The molecule has 0 N–H and O–H groups in total. The number of Topliss-reactive ketones (excluding diaryl/α,β-unsaturated/α-hetero) is 1. The van der Waals surface area contributed by atoms with Crippen LogP contribution in [0.15, 0.2) is 48.0 Å². The number of para-hydroxylation sites is 2. The molecule has 3 rings (SSSR count). The van der Waals surface area contributed by atoms with Crippen LogP contribution in [0, 0.1) is 0 Å². The van der Waals surface area contributed by atoms with E-state index in [0.717, 1.165) is 15.9 Å². The highest BCUT2D eigenvalue weighted by Crippen LogP contribution is 2.13. The van der Waals surface area contributed by atoms with Gasteiger partial charge >= 0.3 is 0 Å². The van der Waals surface area contributed by atoms with Gasteiger partial charge in [0.2, 0.25) is 0 Å². The predicted molar refractivity (Wildman–Crippen MR) is 71.9 cm³/mol. The molecule has 18 heavy (non-hydrogen) atoms. The maximum absolute atomic E-state index is 12.1. The third-order valence-electron chi connectivity index (χ3n) is 2.65. The van der Waals surface area contributed by atoms with Crippen LogP contribution in [0.3, 0.4) is 0 Å². The van der Waals surface area contributed by atoms with Crippen molar-refractivity contribution in [1.29, 1.82) is 0 Å². The zero-order valence-corrected chi connectivity index (χ0v) is 10.4. The Balaban J connectivity index is 1.92. The van der Waals surface area contributed by atoms with Crippen molar-refractivity contribution in [3.63, 3.8) is 0 Å². The summed E-state index contributed by atoms with van der Waals surface area (Å²) in [5, 5.41) is 1.97. The molecular weight excluding hydrogens is 244 g/mol. The fourth-order valence-corrected chi connectivity index (χ4v) is 2.46. The molecule has 2 heterocycles. The Kier molecular flexibility index (Phi) is 2.86. The maximum Gasteiger partial charge on any atom is 0.187 e. The first-order chi connectivity index (χ1) is 8.83. The molecule has 4 heteroatoms. The summed E-state index contributed by atoms with van der Waals surface area (Å²) < 4.78 is 0. The molecule has 0 atom stereocenters. The van der Waals surface area contributed by atoms with Crippen molar-refractivity contribution < 1.29 is 4.79 Å². The Morgan fingerprint density at radius 3 is 2.72 bits per heavy atom. The van der Waals surface area contributed by atoms with Crippen molar-refractivity contribution >= 4 is 28.2 Å². The number of thiophene rings is 1. The summed E-state index contributed by atoms with van der Waals surface area (Å²) in [6.07, 6.45) is 1.95. The van der Waals surface area contributed by atoms with Gasteiger partial charge in [0.25, 0.3) is 0 Å². The van der Waals surface area contributed by atoms with Crippen LogP contribution in [0.2, 0.25) is 0 Å². The largest absolute Gasteiger partial charge is 0.292 e. The van der Waals surface area contributed by atoms with Crippen molar-refractivity contribution in [3.8, 4) is 0 Å². The molecule has 0 unspecified atom stereocenters. The number of hydrogen-bond donors (Lipinski definition) is 0. The average molecular weight is 254 g/mol. The molecule has 0 aliphatic heterocycles. The fraction of sp³-hybridized carbons (Fsp3) is 0.0714. The molecular formula is C14H10N2OS. The van der Waals surface area contributed by atoms with Crippen molar-refractivity contribution in [2.45, 2.75) is 6.42 Å². The van der Waals surface area contributed by atoms with Crippen LogP contribution in [0.5, 0.6) is 0 Å². The second-order valence-electron chi connectivity index (χ2n) is 3.92. The first-order valence-corrected chi connectivity index (χ1v) is 6.48. The van der Waals surface area contributed by atoms with Crippen LogP contribution in [-0.2, 0) is 6.42 Å². The Bertz CT molecular complexity index is 692. The number of carbonyl (C=O) groups excluding carboxylic acids is 1. The standard InChI is InChI=1S/C14H10N2OS/c17-14(8-10-4-3-7-18-10)13-9-15-11-5-1-2-6-12(11)16-13/h1-7,9H,8H2. The first kappa shape index (κ1) is 11.0. The SMILES string of the molecule is O=C(Cc1cccs1)c1cnc2ccccc2n1. The van der Waals surface area contributed by atoms with E-state index in [4.69, 9.17) is 0 Å². The van der Waals surface area contributed by atoms with E-state index in [9.17, 15) is 4.79 Å². The summed E-state index contributed by atoms with van der Waals surface area (Å²) in [5.41, 5.74) is 2.00. The number of nitrogens with zero attached hydrogens (tertiary/aromatic N) is 2. The number of ketones is 1. The van der Waals surface area contributed by atoms with Gasteiger partial charge in [-0.25, -0.2) is 4.98 Å². The summed E-state index contributed by atoms with van der Waals surface area (Å²) in [5.74, 6) is 0.00991. The third-order valence-corrected chi connectivity index (χ3v) is 3.53. The molecule has 1 aromatic carbocycles. The average Bonchev–Trinajstić information content (AvgIpc) is 2.91. The zero-order valence-electron chi connectivity index (χ0n) is 9.54. The molecule has 0 spiro atoms. The Morgan fingerprint density at radius 2 is 1.94 bits per heavy atom. The molecule has 0 bridgehead atoms.